The molecule has 1 heterocycles. The number of aromatic nitrogens is 1. The SMILES string of the molecule is Nc1cc(F)c(Nc2ccc(Br)c(F)c2)c2ncccc12. The number of rotatable bonds is 2. The maximum Gasteiger partial charge on any atom is 0.150 e. The summed E-state index contributed by atoms with van der Waals surface area (Å²) in [6.45, 7) is 0. The van der Waals surface area contributed by atoms with E-state index < -0.39 is 11.6 Å². The first-order chi connectivity index (χ1) is 10.1. The smallest absolute Gasteiger partial charge is 0.150 e. The summed E-state index contributed by atoms with van der Waals surface area (Å²) < 4.78 is 28.0. The summed E-state index contributed by atoms with van der Waals surface area (Å²) in [4.78, 5) is 4.15. The number of nitrogens with one attached hydrogen (secondary N) is 1. The predicted octanol–water partition coefficient (Wildman–Crippen LogP) is 4.60. The van der Waals surface area contributed by atoms with E-state index >= 15 is 0 Å². The zero-order chi connectivity index (χ0) is 15.0. The highest BCUT2D eigenvalue weighted by atomic mass is 79.9. The highest BCUT2D eigenvalue weighted by Gasteiger charge is 2.12. The number of pyridine rings is 1. The van der Waals surface area contributed by atoms with Gasteiger partial charge in [-0.25, -0.2) is 8.78 Å². The lowest BCUT2D eigenvalue weighted by atomic mass is 10.1. The van der Waals surface area contributed by atoms with E-state index in [0.717, 1.165) is 0 Å². The monoisotopic (exact) mass is 349 g/mol. The quantitative estimate of drug-likeness (QED) is 0.664. The van der Waals surface area contributed by atoms with Crippen LogP contribution in [-0.2, 0) is 0 Å². The highest BCUT2D eigenvalue weighted by molar-refractivity contribution is 9.10. The first-order valence-corrected chi connectivity index (χ1v) is 6.90. The number of anilines is 3. The second-order valence-corrected chi connectivity index (χ2v) is 5.33. The molecule has 0 fully saturated rings. The van der Waals surface area contributed by atoms with Crippen molar-refractivity contribution in [2.75, 3.05) is 11.1 Å². The number of benzene rings is 2. The Labute approximate surface area is 127 Å². The van der Waals surface area contributed by atoms with Gasteiger partial charge in [0.05, 0.1) is 9.99 Å². The fourth-order valence-corrected chi connectivity index (χ4v) is 2.32. The molecule has 3 aromatic rings. The molecule has 0 amide bonds. The number of nitrogens with zero attached hydrogens (tertiary/aromatic N) is 1. The van der Waals surface area contributed by atoms with E-state index in [1.807, 2.05) is 0 Å². The van der Waals surface area contributed by atoms with Gasteiger partial charge < -0.3 is 11.1 Å². The molecule has 0 atom stereocenters. The lowest BCUT2D eigenvalue weighted by Crippen LogP contribution is -2.00. The molecule has 0 aliphatic carbocycles. The van der Waals surface area contributed by atoms with Crippen molar-refractivity contribution in [1.29, 1.82) is 0 Å². The Bertz CT molecular complexity index is 837. The van der Waals surface area contributed by atoms with Crippen LogP contribution in [0.1, 0.15) is 0 Å². The minimum absolute atomic E-state index is 0.168. The third kappa shape index (κ3) is 2.54. The second-order valence-electron chi connectivity index (χ2n) is 4.48. The van der Waals surface area contributed by atoms with E-state index in [9.17, 15) is 8.78 Å². The first kappa shape index (κ1) is 13.8. The molecular weight excluding hydrogens is 340 g/mol. The molecule has 0 spiro atoms. The van der Waals surface area contributed by atoms with Crippen LogP contribution in [0.2, 0.25) is 0 Å². The topological polar surface area (TPSA) is 50.9 Å². The maximum absolute atomic E-state index is 14.2. The number of fused-ring (bicyclic) bond motifs is 1. The number of hydrogen-bond acceptors (Lipinski definition) is 3. The van der Waals surface area contributed by atoms with Crippen molar-refractivity contribution in [3.05, 3.63) is 58.7 Å². The summed E-state index contributed by atoms with van der Waals surface area (Å²) in [6.07, 6.45) is 1.55. The van der Waals surface area contributed by atoms with E-state index in [2.05, 4.69) is 26.2 Å². The van der Waals surface area contributed by atoms with Crippen LogP contribution in [-0.4, -0.2) is 4.98 Å². The van der Waals surface area contributed by atoms with E-state index in [-0.39, 0.29) is 5.69 Å². The molecule has 21 heavy (non-hydrogen) atoms. The minimum atomic E-state index is -0.540. The Morgan fingerprint density at radius 1 is 1.10 bits per heavy atom. The largest absolute Gasteiger partial charge is 0.398 e. The average Bonchev–Trinajstić information content (AvgIpc) is 2.47. The van der Waals surface area contributed by atoms with Crippen LogP contribution >= 0.6 is 15.9 Å². The van der Waals surface area contributed by atoms with Gasteiger partial charge in [-0.15, -0.1) is 0 Å². The lowest BCUT2D eigenvalue weighted by molar-refractivity contribution is 0.621. The van der Waals surface area contributed by atoms with Gasteiger partial charge in [-0.1, -0.05) is 0 Å². The molecule has 0 saturated heterocycles. The van der Waals surface area contributed by atoms with E-state index in [0.29, 0.717) is 26.8 Å². The number of halogens is 3. The summed E-state index contributed by atoms with van der Waals surface area (Å²) in [6, 6.07) is 9.15. The normalized spacial score (nSPS) is 10.8. The summed E-state index contributed by atoms with van der Waals surface area (Å²) >= 11 is 3.07. The molecule has 1 aromatic heterocycles. The molecule has 0 bridgehead atoms. The van der Waals surface area contributed by atoms with Crippen LogP contribution in [0, 0.1) is 11.6 Å². The van der Waals surface area contributed by atoms with Gasteiger partial charge in [-0.05, 0) is 52.3 Å². The summed E-state index contributed by atoms with van der Waals surface area (Å²) in [5, 5.41) is 3.49. The van der Waals surface area contributed by atoms with E-state index in [4.69, 9.17) is 5.73 Å². The van der Waals surface area contributed by atoms with Gasteiger partial charge in [-0.3, -0.25) is 4.98 Å². The Balaban J connectivity index is 2.14. The van der Waals surface area contributed by atoms with Crippen LogP contribution < -0.4 is 11.1 Å². The van der Waals surface area contributed by atoms with Gasteiger partial charge >= 0.3 is 0 Å². The number of nitrogen functional groups attached to an aromatic ring is 1. The number of nitrogens with two attached hydrogens (primary N) is 1. The van der Waals surface area contributed by atoms with Crippen molar-refractivity contribution in [2.45, 2.75) is 0 Å². The zero-order valence-electron chi connectivity index (χ0n) is 10.7. The molecule has 3 nitrogen and oxygen atoms in total. The Morgan fingerprint density at radius 2 is 1.90 bits per heavy atom. The van der Waals surface area contributed by atoms with Gasteiger partial charge in [-0.2, -0.15) is 0 Å². The fourth-order valence-electron chi connectivity index (χ4n) is 2.07. The van der Waals surface area contributed by atoms with E-state index in [1.54, 1.807) is 30.5 Å². The third-order valence-electron chi connectivity index (χ3n) is 3.07. The maximum atomic E-state index is 14.2. The van der Waals surface area contributed by atoms with E-state index in [1.165, 1.54) is 12.1 Å². The van der Waals surface area contributed by atoms with Crippen LogP contribution in [0.5, 0.6) is 0 Å². The van der Waals surface area contributed by atoms with Gasteiger partial charge in [0.15, 0.2) is 5.82 Å². The van der Waals surface area contributed by atoms with Crippen molar-refractivity contribution in [3.63, 3.8) is 0 Å². The average molecular weight is 350 g/mol. The van der Waals surface area contributed by atoms with Crippen LogP contribution in [0.15, 0.2) is 47.1 Å². The summed E-state index contributed by atoms with van der Waals surface area (Å²) in [5.41, 5.74) is 7.09. The highest BCUT2D eigenvalue weighted by Crippen LogP contribution is 2.32. The van der Waals surface area contributed by atoms with Crippen molar-refractivity contribution < 1.29 is 8.78 Å². The molecule has 3 rings (SSSR count). The molecule has 0 unspecified atom stereocenters. The predicted molar refractivity (Wildman–Crippen MR) is 83.5 cm³/mol. The van der Waals surface area contributed by atoms with Crippen molar-refractivity contribution in [2.24, 2.45) is 0 Å². The molecule has 3 N–H and O–H groups in total. The molecule has 6 heteroatoms. The van der Waals surface area contributed by atoms with Crippen LogP contribution in [0.25, 0.3) is 10.9 Å². The molecule has 2 aromatic carbocycles. The molecular formula is C15H10BrF2N3. The molecule has 0 radical (unpaired) electrons. The van der Waals surface area contributed by atoms with Crippen molar-refractivity contribution in [3.8, 4) is 0 Å². The summed E-state index contributed by atoms with van der Waals surface area (Å²) in [7, 11) is 0. The second kappa shape index (κ2) is 5.29. The molecule has 0 aliphatic rings. The van der Waals surface area contributed by atoms with Gasteiger partial charge in [0.25, 0.3) is 0 Å². The molecule has 0 saturated carbocycles. The Morgan fingerprint density at radius 3 is 2.67 bits per heavy atom. The van der Waals surface area contributed by atoms with Crippen molar-refractivity contribution >= 4 is 43.9 Å². The van der Waals surface area contributed by atoms with Crippen molar-refractivity contribution in [1.82, 2.24) is 4.98 Å². The van der Waals surface area contributed by atoms with Gasteiger partial charge in [0.1, 0.15) is 11.5 Å². The lowest BCUT2D eigenvalue weighted by Gasteiger charge is -2.12. The Kier molecular flexibility index (Phi) is 3.47. The number of hydrogen-bond donors (Lipinski definition) is 2. The fraction of sp³-hybridized carbons (Fsp3) is 0. The Hall–Kier alpha value is -2.21. The van der Waals surface area contributed by atoms with Crippen LogP contribution in [0.3, 0.4) is 0 Å². The van der Waals surface area contributed by atoms with Gasteiger partial charge in [0.2, 0.25) is 0 Å². The third-order valence-corrected chi connectivity index (χ3v) is 3.71. The standard InChI is InChI=1S/C15H10BrF2N3/c16-10-4-3-8(6-11(10)17)21-15-12(18)7-13(19)9-2-1-5-20-14(9)15/h1-7,21H,19H2. The first-order valence-electron chi connectivity index (χ1n) is 6.11. The zero-order valence-corrected chi connectivity index (χ0v) is 12.3. The molecule has 0 aliphatic heterocycles. The molecule has 106 valence electrons. The van der Waals surface area contributed by atoms with Crippen LogP contribution in [0.4, 0.5) is 25.8 Å². The summed E-state index contributed by atoms with van der Waals surface area (Å²) in [5.74, 6) is -0.977. The van der Waals surface area contributed by atoms with Gasteiger partial charge in [0, 0.05) is 23.0 Å². The minimum Gasteiger partial charge on any atom is -0.398 e.